The van der Waals surface area contributed by atoms with E-state index in [4.69, 9.17) is 0 Å². The smallest absolute Gasteiger partial charge is 0.0791 e. The second-order valence-corrected chi connectivity index (χ2v) is 5.33. The summed E-state index contributed by atoms with van der Waals surface area (Å²) in [5.41, 5.74) is 0.287. The van der Waals surface area contributed by atoms with E-state index in [0.717, 1.165) is 26.2 Å². The molecule has 0 amide bonds. The van der Waals surface area contributed by atoms with Gasteiger partial charge >= 0.3 is 0 Å². The topological polar surface area (TPSA) is 35.5 Å². The number of rotatable bonds is 7. The highest BCUT2D eigenvalue weighted by molar-refractivity contribution is 4.69. The first-order chi connectivity index (χ1) is 6.89. The maximum absolute atomic E-state index is 9.77. The molecular formula is C12H28N2O. The molecule has 0 aliphatic rings. The number of aliphatic hydroxyl groups is 1. The number of nitrogens with zero attached hydrogens (tertiary/aromatic N) is 1. The molecular weight excluding hydrogens is 188 g/mol. The minimum absolute atomic E-state index is 0.257. The second kappa shape index (κ2) is 7.20. The first kappa shape index (κ1) is 14.9. The van der Waals surface area contributed by atoms with Crippen LogP contribution in [0.25, 0.3) is 0 Å². The average molecular weight is 216 g/mol. The molecule has 0 aromatic heterocycles. The lowest BCUT2D eigenvalue weighted by Gasteiger charge is -2.24. The minimum atomic E-state index is -0.257. The Morgan fingerprint density at radius 3 is 2.13 bits per heavy atom. The molecule has 0 aromatic rings. The Hall–Kier alpha value is -0.120. The van der Waals surface area contributed by atoms with Crippen molar-refractivity contribution in [2.75, 3.05) is 32.7 Å². The van der Waals surface area contributed by atoms with Crippen molar-refractivity contribution in [1.29, 1.82) is 0 Å². The zero-order valence-corrected chi connectivity index (χ0v) is 11.0. The third-order valence-electron chi connectivity index (χ3n) is 2.40. The quantitative estimate of drug-likeness (QED) is 0.674. The Balaban J connectivity index is 3.61. The van der Waals surface area contributed by atoms with Crippen molar-refractivity contribution in [1.82, 2.24) is 10.2 Å². The van der Waals surface area contributed by atoms with Crippen molar-refractivity contribution >= 4 is 0 Å². The Labute approximate surface area is 94.9 Å². The molecule has 1 unspecified atom stereocenters. The lowest BCUT2D eigenvalue weighted by Crippen LogP contribution is -2.40. The van der Waals surface area contributed by atoms with Crippen molar-refractivity contribution in [2.45, 2.75) is 40.7 Å². The molecule has 0 saturated carbocycles. The van der Waals surface area contributed by atoms with E-state index in [9.17, 15) is 5.11 Å². The second-order valence-electron chi connectivity index (χ2n) is 5.33. The van der Waals surface area contributed by atoms with Crippen LogP contribution in [0.3, 0.4) is 0 Å². The Bertz CT molecular complexity index is 150. The van der Waals surface area contributed by atoms with Crippen LogP contribution in [0.2, 0.25) is 0 Å². The third kappa shape index (κ3) is 8.85. The number of nitrogens with one attached hydrogen (secondary N) is 1. The van der Waals surface area contributed by atoms with E-state index in [0.29, 0.717) is 6.54 Å². The van der Waals surface area contributed by atoms with Crippen molar-refractivity contribution < 1.29 is 5.11 Å². The summed E-state index contributed by atoms with van der Waals surface area (Å²) in [6, 6.07) is 0. The van der Waals surface area contributed by atoms with Crippen LogP contribution in [0.5, 0.6) is 0 Å². The van der Waals surface area contributed by atoms with Gasteiger partial charge in [-0.3, -0.25) is 0 Å². The SMILES string of the molecule is CCN(CC)CC(O)CNCC(C)(C)C. The molecule has 0 saturated heterocycles. The molecule has 0 fully saturated rings. The number of hydrogen-bond donors (Lipinski definition) is 2. The molecule has 0 aromatic carbocycles. The summed E-state index contributed by atoms with van der Waals surface area (Å²) >= 11 is 0. The van der Waals surface area contributed by atoms with Gasteiger partial charge in [0.25, 0.3) is 0 Å². The van der Waals surface area contributed by atoms with Crippen LogP contribution in [0.15, 0.2) is 0 Å². The molecule has 0 bridgehead atoms. The predicted molar refractivity (Wildman–Crippen MR) is 66.1 cm³/mol. The highest BCUT2D eigenvalue weighted by Gasteiger charge is 2.12. The van der Waals surface area contributed by atoms with E-state index < -0.39 is 0 Å². The number of hydrogen-bond acceptors (Lipinski definition) is 3. The highest BCUT2D eigenvalue weighted by atomic mass is 16.3. The van der Waals surface area contributed by atoms with Gasteiger partial charge in [0, 0.05) is 19.6 Å². The molecule has 0 aliphatic heterocycles. The molecule has 3 nitrogen and oxygen atoms in total. The standard InChI is InChI=1S/C12H28N2O/c1-6-14(7-2)9-11(15)8-13-10-12(3,4)5/h11,13,15H,6-10H2,1-5H3. The van der Waals surface area contributed by atoms with Crippen LogP contribution >= 0.6 is 0 Å². The van der Waals surface area contributed by atoms with E-state index in [1.807, 2.05) is 0 Å². The van der Waals surface area contributed by atoms with Crippen molar-refractivity contribution in [3.8, 4) is 0 Å². The summed E-state index contributed by atoms with van der Waals surface area (Å²) in [6.45, 7) is 15.2. The minimum Gasteiger partial charge on any atom is -0.390 e. The Morgan fingerprint density at radius 2 is 1.73 bits per heavy atom. The summed E-state index contributed by atoms with van der Waals surface area (Å²) in [6.07, 6.45) is -0.257. The van der Waals surface area contributed by atoms with Gasteiger partial charge in [-0.25, -0.2) is 0 Å². The lowest BCUT2D eigenvalue weighted by molar-refractivity contribution is 0.114. The summed E-state index contributed by atoms with van der Waals surface area (Å²) in [5, 5.41) is 13.1. The van der Waals surface area contributed by atoms with Crippen LogP contribution in [-0.2, 0) is 0 Å². The fraction of sp³-hybridized carbons (Fsp3) is 1.00. The molecule has 92 valence electrons. The molecule has 15 heavy (non-hydrogen) atoms. The molecule has 2 N–H and O–H groups in total. The molecule has 0 aliphatic carbocycles. The maximum Gasteiger partial charge on any atom is 0.0791 e. The van der Waals surface area contributed by atoms with Crippen molar-refractivity contribution in [3.63, 3.8) is 0 Å². The van der Waals surface area contributed by atoms with Crippen molar-refractivity contribution in [2.24, 2.45) is 5.41 Å². The Kier molecular flexibility index (Phi) is 7.14. The molecule has 0 spiro atoms. The van der Waals surface area contributed by atoms with Gasteiger partial charge in [0.15, 0.2) is 0 Å². The van der Waals surface area contributed by atoms with Crippen LogP contribution in [0.4, 0.5) is 0 Å². The summed E-state index contributed by atoms with van der Waals surface area (Å²) in [4.78, 5) is 2.24. The predicted octanol–water partition coefficient (Wildman–Crippen LogP) is 1.32. The van der Waals surface area contributed by atoms with Crippen LogP contribution < -0.4 is 5.32 Å². The van der Waals surface area contributed by atoms with Gasteiger partial charge in [-0.05, 0) is 18.5 Å². The van der Waals surface area contributed by atoms with E-state index in [1.165, 1.54) is 0 Å². The van der Waals surface area contributed by atoms with Crippen LogP contribution in [0, 0.1) is 5.41 Å². The average Bonchev–Trinajstić information content (AvgIpc) is 2.12. The van der Waals surface area contributed by atoms with Crippen molar-refractivity contribution in [3.05, 3.63) is 0 Å². The zero-order chi connectivity index (χ0) is 11.9. The largest absolute Gasteiger partial charge is 0.390 e. The zero-order valence-electron chi connectivity index (χ0n) is 11.0. The van der Waals surface area contributed by atoms with E-state index in [-0.39, 0.29) is 11.5 Å². The Morgan fingerprint density at radius 1 is 1.20 bits per heavy atom. The number of aliphatic hydroxyl groups excluding tert-OH is 1. The van der Waals surface area contributed by atoms with E-state index >= 15 is 0 Å². The summed E-state index contributed by atoms with van der Waals surface area (Å²) in [7, 11) is 0. The summed E-state index contributed by atoms with van der Waals surface area (Å²) < 4.78 is 0. The van der Waals surface area contributed by atoms with Gasteiger partial charge in [0.1, 0.15) is 0 Å². The van der Waals surface area contributed by atoms with Crippen LogP contribution in [0.1, 0.15) is 34.6 Å². The van der Waals surface area contributed by atoms with E-state index in [1.54, 1.807) is 0 Å². The first-order valence-corrected chi connectivity index (χ1v) is 6.00. The monoisotopic (exact) mass is 216 g/mol. The van der Waals surface area contributed by atoms with Gasteiger partial charge in [0.05, 0.1) is 6.10 Å². The highest BCUT2D eigenvalue weighted by Crippen LogP contribution is 2.09. The summed E-state index contributed by atoms with van der Waals surface area (Å²) in [5.74, 6) is 0. The maximum atomic E-state index is 9.77. The molecule has 0 heterocycles. The van der Waals surface area contributed by atoms with Gasteiger partial charge in [-0.15, -0.1) is 0 Å². The molecule has 0 rings (SSSR count). The molecule has 3 heteroatoms. The van der Waals surface area contributed by atoms with Gasteiger partial charge in [-0.2, -0.15) is 0 Å². The van der Waals surface area contributed by atoms with Gasteiger partial charge in [0.2, 0.25) is 0 Å². The first-order valence-electron chi connectivity index (χ1n) is 6.00. The van der Waals surface area contributed by atoms with E-state index in [2.05, 4.69) is 44.8 Å². The fourth-order valence-corrected chi connectivity index (χ4v) is 1.46. The van der Waals surface area contributed by atoms with Gasteiger partial charge < -0.3 is 15.3 Å². The normalized spacial score (nSPS) is 14.6. The fourth-order valence-electron chi connectivity index (χ4n) is 1.46. The van der Waals surface area contributed by atoms with Gasteiger partial charge in [-0.1, -0.05) is 34.6 Å². The number of likely N-dealkylation sites (N-methyl/N-ethyl adjacent to an activating group) is 1. The van der Waals surface area contributed by atoms with Crippen LogP contribution in [-0.4, -0.2) is 48.8 Å². The third-order valence-corrected chi connectivity index (χ3v) is 2.40. The lowest BCUT2D eigenvalue weighted by atomic mass is 9.97. The molecule has 0 radical (unpaired) electrons. The molecule has 1 atom stereocenters.